The highest BCUT2D eigenvalue weighted by Crippen LogP contribution is 2.36. The number of imidazole rings is 1. The quantitative estimate of drug-likeness (QED) is 0.831. The number of carbonyl (C=O) groups excluding carboxylic acids is 1. The van der Waals surface area contributed by atoms with E-state index < -0.39 is 5.60 Å². The molecular formula is C21H28BN3O2. The zero-order valence-electron chi connectivity index (χ0n) is 16.8. The number of amides is 1. The molecule has 0 radical (unpaired) electrons. The Hall–Kier alpha value is -2.24. The van der Waals surface area contributed by atoms with Gasteiger partial charge in [-0.15, -0.1) is 0 Å². The molecule has 142 valence electrons. The minimum Gasteiger partial charge on any atom is -0.444 e. The van der Waals surface area contributed by atoms with Crippen molar-refractivity contribution >= 4 is 18.8 Å². The van der Waals surface area contributed by atoms with Crippen LogP contribution in [0.1, 0.15) is 56.7 Å². The van der Waals surface area contributed by atoms with Crippen LogP contribution in [0, 0.1) is 0 Å². The van der Waals surface area contributed by atoms with Crippen molar-refractivity contribution in [3.05, 3.63) is 35.3 Å². The largest absolute Gasteiger partial charge is 0.444 e. The second-order valence-electron chi connectivity index (χ2n) is 8.62. The molecule has 1 aromatic heterocycles. The Labute approximate surface area is 161 Å². The summed E-state index contributed by atoms with van der Waals surface area (Å²) in [5, 5.41) is 0. The molecule has 1 fully saturated rings. The molecule has 0 spiro atoms. The van der Waals surface area contributed by atoms with Crippen LogP contribution in [0.15, 0.2) is 18.2 Å². The number of nitrogens with one attached hydrogen (secondary N) is 1. The molecule has 1 amide bonds. The van der Waals surface area contributed by atoms with Gasteiger partial charge in [0.15, 0.2) is 7.28 Å². The number of hydrogen-bond donors (Lipinski definition) is 1. The third-order valence-corrected chi connectivity index (χ3v) is 5.47. The van der Waals surface area contributed by atoms with E-state index in [4.69, 9.17) is 9.72 Å². The number of benzene rings is 1. The Kier molecular flexibility index (Phi) is 4.53. The number of aromatic nitrogens is 2. The molecule has 1 aliphatic carbocycles. The lowest BCUT2D eigenvalue weighted by atomic mass is 9.71. The first-order chi connectivity index (χ1) is 12.9. The van der Waals surface area contributed by atoms with Crippen LogP contribution in [0.4, 0.5) is 4.79 Å². The van der Waals surface area contributed by atoms with E-state index >= 15 is 0 Å². The molecule has 5 nitrogen and oxygen atoms in total. The first-order valence-corrected chi connectivity index (χ1v) is 10.1. The molecule has 1 aliphatic heterocycles. The fraction of sp³-hybridized carbons (Fsp3) is 0.524. The summed E-state index contributed by atoms with van der Waals surface area (Å²) < 4.78 is 5.60. The fourth-order valence-corrected chi connectivity index (χ4v) is 4.15. The van der Waals surface area contributed by atoms with Crippen molar-refractivity contribution in [2.45, 2.75) is 64.9 Å². The zero-order valence-corrected chi connectivity index (χ0v) is 16.8. The average Bonchev–Trinajstić information content (AvgIpc) is 3.26. The maximum atomic E-state index is 12.6. The third kappa shape index (κ3) is 3.49. The van der Waals surface area contributed by atoms with Crippen molar-refractivity contribution in [3.63, 3.8) is 0 Å². The van der Waals surface area contributed by atoms with Crippen molar-refractivity contribution in [2.24, 2.45) is 0 Å². The van der Waals surface area contributed by atoms with E-state index in [0.717, 1.165) is 56.7 Å². The SMILES string of the molecule is CBc1ccc2c(c1)CCc1nc([C@@H]3CCCN3C(=O)OC(C)(C)C)[nH]c1-2. The summed E-state index contributed by atoms with van der Waals surface area (Å²) in [6, 6.07) is 6.72. The van der Waals surface area contributed by atoms with E-state index in [1.807, 2.05) is 25.7 Å². The van der Waals surface area contributed by atoms with E-state index in [1.165, 1.54) is 16.6 Å². The Bertz CT molecular complexity index is 869. The Morgan fingerprint density at radius 3 is 2.89 bits per heavy atom. The maximum absolute atomic E-state index is 12.6. The number of ether oxygens (including phenoxy) is 1. The minimum atomic E-state index is -0.484. The second-order valence-corrected chi connectivity index (χ2v) is 8.62. The number of aryl methyl sites for hydroxylation is 2. The van der Waals surface area contributed by atoms with Gasteiger partial charge in [-0.2, -0.15) is 0 Å². The summed E-state index contributed by atoms with van der Waals surface area (Å²) >= 11 is 0. The number of H-pyrrole nitrogens is 1. The lowest BCUT2D eigenvalue weighted by Gasteiger charge is -2.27. The van der Waals surface area contributed by atoms with Gasteiger partial charge in [0.1, 0.15) is 11.4 Å². The summed E-state index contributed by atoms with van der Waals surface area (Å²) in [6.45, 7) is 8.63. The third-order valence-electron chi connectivity index (χ3n) is 5.47. The van der Waals surface area contributed by atoms with Crippen LogP contribution in [0.5, 0.6) is 0 Å². The van der Waals surface area contributed by atoms with Gasteiger partial charge in [0.05, 0.1) is 17.4 Å². The van der Waals surface area contributed by atoms with Crippen molar-refractivity contribution in [3.8, 4) is 11.3 Å². The highest BCUT2D eigenvalue weighted by molar-refractivity contribution is 6.51. The molecule has 1 N–H and O–H groups in total. The van der Waals surface area contributed by atoms with Crippen LogP contribution in [0.25, 0.3) is 11.3 Å². The first kappa shape index (κ1) is 18.1. The Morgan fingerprint density at radius 2 is 2.15 bits per heavy atom. The summed E-state index contributed by atoms with van der Waals surface area (Å²) in [5.74, 6) is 0.899. The van der Waals surface area contributed by atoms with Crippen LogP contribution in [0.3, 0.4) is 0 Å². The molecule has 2 aliphatic rings. The van der Waals surface area contributed by atoms with Crippen LogP contribution in [-0.4, -0.2) is 40.4 Å². The van der Waals surface area contributed by atoms with E-state index in [1.54, 1.807) is 0 Å². The van der Waals surface area contributed by atoms with Crippen LogP contribution >= 0.6 is 0 Å². The molecule has 0 unspecified atom stereocenters. The van der Waals surface area contributed by atoms with Crippen LogP contribution in [0.2, 0.25) is 6.82 Å². The first-order valence-electron chi connectivity index (χ1n) is 10.1. The number of nitrogens with zero attached hydrogens (tertiary/aromatic N) is 2. The zero-order chi connectivity index (χ0) is 19.2. The monoisotopic (exact) mass is 365 g/mol. The maximum Gasteiger partial charge on any atom is 0.410 e. The number of hydrogen-bond acceptors (Lipinski definition) is 3. The van der Waals surface area contributed by atoms with E-state index in [-0.39, 0.29) is 12.1 Å². The van der Waals surface area contributed by atoms with Gasteiger partial charge in [0, 0.05) is 12.1 Å². The van der Waals surface area contributed by atoms with Crippen LogP contribution < -0.4 is 5.46 Å². The predicted molar refractivity (Wildman–Crippen MR) is 109 cm³/mol. The second kappa shape index (κ2) is 6.73. The molecule has 2 heterocycles. The van der Waals surface area contributed by atoms with Crippen molar-refractivity contribution in [1.29, 1.82) is 0 Å². The summed E-state index contributed by atoms with van der Waals surface area (Å²) in [6.07, 6.45) is 3.64. The predicted octanol–water partition coefficient (Wildman–Crippen LogP) is 3.36. The van der Waals surface area contributed by atoms with E-state index in [9.17, 15) is 4.79 Å². The van der Waals surface area contributed by atoms with Gasteiger partial charge in [-0.25, -0.2) is 9.78 Å². The standard InChI is InChI=1S/C21H28BN3O2/c1-21(2,3)27-20(26)25-11-5-6-17(25)19-23-16-10-7-13-12-14(22-4)8-9-15(13)18(16)24-19/h8-9,12,17,22H,5-7,10-11H2,1-4H3,(H,23,24)/t17-/m0/s1. The summed E-state index contributed by atoms with van der Waals surface area (Å²) in [7, 11) is 1.06. The molecule has 1 atom stereocenters. The van der Waals surface area contributed by atoms with Gasteiger partial charge in [-0.05, 0) is 52.0 Å². The molecule has 0 bridgehead atoms. The number of carbonyl (C=O) groups is 1. The van der Waals surface area contributed by atoms with Gasteiger partial charge in [-0.3, -0.25) is 4.90 Å². The Morgan fingerprint density at radius 1 is 1.33 bits per heavy atom. The Balaban J connectivity index is 1.63. The van der Waals surface area contributed by atoms with Gasteiger partial charge in [0.2, 0.25) is 0 Å². The smallest absolute Gasteiger partial charge is 0.410 e. The fourth-order valence-electron chi connectivity index (χ4n) is 4.15. The average molecular weight is 365 g/mol. The molecule has 27 heavy (non-hydrogen) atoms. The van der Waals surface area contributed by atoms with E-state index in [0.29, 0.717) is 0 Å². The van der Waals surface area contributed by atoms with Crippen molar-refractivity contribution in [1.82, 2.24) is 14.9 Å². The number of rotatable bonds is 2. The summed E-state index contributed by atoms with van der Waals surface area (Å²) in [5.41, 5.74) is 5.80. The van der Waals surface area contributed by atoms with Crippen LogP contribution in [-0.2, 0) is 17.6 Å². The molecule has 1 aromatic carbocycles. The molecule has 2 aromatic rings. The highest BCUT2D eigenvalue weighted by atomic mass is 16.6. The van der Waals surface area contributed by atoms with Gasteiger partial charge in [-0.1, -0.05) is 30.5 Å². The molecular weight excluding hydrogens is 337 g/mol. The molecule has 1 saturated heterocycles. The normalized spacial score (nSPS) is 18.8. The number of likely N-dealkylation sites (tertiary alicyclic amines) is 1. The van der Waals surface area contributed by atoms with Gasteiger partial charge < -0.3 is 9.72 Å². The lowest BCUT2D eigenvalue weighted by Crippen LogP contribution is -2.36. The highest BCUT2D eigenvalue weighted by Gasteiger charge is 2.36. The summed E-state index contributed by atoms with van der Waals surface area (Å²) in [4.78, 5) is 22.9. The lowest BCUT2D eigenvalue weighted by molar-refractivity contribution is 0.0218. The topological polar surface area (TPSA) is 58.2 Å². The molecule has 6 heteroatoms. The van der Waals surface area contributed by atoms with Crippen molar-refractivity contribution in [2.75, 3.05) is 6.54 Å². The van der Waals surface area contributed by atoms with Crippen molar-refractivity contribution < 1.29 is 9.53 Å². The number of fused-ring (bicyclic) bond motifs is 3. The van der Waals surface area contributed by atoms with E-state index in [2.05, 4.69) is 30.0 Å². The molecule has 4 rings (SSSR count). The van der Waals surface area contributed by atoms with Gasteiger partial charge in [0.25, 0.3) is 0 Å². The number of aromatic amines is 1. The van der Waals surface area contributed by atoms with Gasteiger partial charge >= 0.3 is 6.09 Å². The minimum absolute atomic E-state index is 0.0242. The molecule has 0 saturated carbocycles.